The van der Waals surface area contributed by atoms with Gasteiger partial charge in [-0.25, -0.2) is 24.3 Å². The first kappa shape index (κ1) is 16.6. The molecular formula is C18H17FN4O2. The zero-order valence-corrected chi connectivity index (χ0v) is 13.6. The van der Waals surface area contributed by atoms with Crippen molar-refractivity contribution < 1.29 is 9.18 Å². The minimum Gasteiger partial charge on any atom is -0.333 e. The lowest BCUT2D eigenvalue weighted by Crippen LogP contribution is -2.41. The van der Waals surface area contributed by atoms with Gasteiger partial charge in [0.25, 0.3) is 5.56 Å². The van der Waals surface area contributed by atoms with Gasteiger partial charge in [0.15, 0.2) is 0 Å². The summed E-state index contributed by atoms with van der Waals surface area (Å²) in [7, 11) is 0. The molecule has 7 heteroatoms. The number of hydrogen-bond acceptors (Lipinski definition) is 3. The average molecular weight is 340 g/mol. The summed E-state index contributed by atoms with van der Waals surface area (Å²) in [5, 5.41) is 3.06. The van der Waals surface area contributed by atoms with Crippen LogP contribution in [-0.2, 0) is 13.0 Å². The molecular weight excluding hydrogens is 323 g/mol. The summed E-state index contributed by atoms with van der Waals surface area (Å²) >= 11 is 0. The van der Waals surface area contributed by atoms with Crippen LogP contribution in [0, 0.1) is 5.82 Å². The summed E-state index contributed by atoms with van der Waals surface area (Å²) in [6, 6.07) is 12.2. The summed E-state index contributed by atoms with van der Waals surface area (Å²) < 4.78 is 14.0. The lowest BCUT2D eigenvalue weighted by Gasteiger charge is -2.14. The minimum atomic E-state index is -0.543. The van der Waals surface area contributed by atoms with Crippen molar-refractivity contribution in [1.82, 2.24) is 15.0 Å². The Morgan fingerprint density at radius 1 is 1.16 bits per heavy atom. The van der Waals surface area contributed by atoms with Gasteiger partial charge in [0.2, 0.25) is 0 Å². The highest BCUT2D eigenvalue weighted by Gasteiger charge is 2.11. The van der Waals surface area contributed by atoms with Crippen molar-refractivity contribution in [2.75, 3.05) is 5.43 Å². The number of carbonyl (C=O) groups is 1. The number of hydrogen-bond donors (Lipinski definition) is 2. The number of urea groups is 1. The monoisotopic (exact) mass is 340 g/mol. The number of amides is 2. The van der Waals surface area contributed by atoms with E-state index in [1.807, 2.05) is 6.92 Å². The summed E-state index contributed by atoms with van der Waals surface area (Å²) in [5.74, 6) is 0.121. The number of fused-ring (bicyclic) bond motifs is 1. The molecule has 1 heterocycles. The maximum Gasteiger partial charge on any atom is 0.334 e. The van der Waals surface area contributed by atoms with E-state index in [0.717, 1.165) is 10.2 Å². The van der Waals surface area contributed by atoms with Crippen LogP contribution in [0.4, 0.5) is 9.18 Å². The molecule has 0 saturated heterocycles. The number of para-hydroxylation sites is 1. The Balaban J connectivity index is 1.79. The highest BCUT2D eigenvalue weighted by Crippen LogP contribution is 2.07. The first-order valence-corrected chi connectivity index (χ1v) is 7.88. The number of nitrogens with zero attached hydrogens (tertiary/aromatic N) is 2. The minimum absolute atomic E-state index is 0.212. The molecule has 0 bridgehead atoms. The molecule has 3 aromatic rings. The van der Waals surface area contributed by atoms with E-state index in [4.69, 9.17) is 0 Å². The molecule has 3 rings (SSSR count). The molecule has 0 aliphatic rings. The van der Waals surface area contributed by atoms with Crippen molar-refractivity contribution in [2.24, 2.45) is 0 Å². The van der Waals surface area contributed by atoms with Crippen molar-refractivity contribution in [2.45, 2.75) is 19.9 Å². The number of benzene rings is 2. The number of carbonyl (C=O) groups excluding carboxylic acids is 1. The highest BCUT2D eigenvalue weighted by molar-refractivity contribution is 5.83. The molecule has 0 unspecified atom stereocenters. The predicted molar refractivity (Wildman–Crippen MR) is 93.4 cm³/mol. The fourth-order valence-electron chi connectivity index (χ4n) is 2.46. The summed E-state index contributed by atoms with van der Waals surface area (Å²) in [5.41, 5.74) is 3.53. The van der Waals surface area contributed by atoms with E-state index in [0.29, 0.717) is 23.1 Å². The second kappa shape index (κ2) is 7.12. The van der Waals surface area contributed by atoms with Crippen molar-refractivity contribution in [1.29, 1.82) is 0 Å². The third-order valence-corrected chi connectivity index (χ3v) is 3.74. The summed E-state index contributed by atoms with van der Waals surface area (Å²) in [6.07, 6.45) is 0.484. The second-order valence-electron chi connectivity index (χ2n) is 5.46. The van der Waals surface area contributed by atoms with Crippen LogP contribution in [0.25, 0.3) is 10.9 Å². The third-order valence-electron chi connectivity index (χ3n) is 3.74. The van der Waals surface area contributed by atoms with Gasteiger partial charge in [-0.2, -0.15) is 0 Å². The van der Waals surface area contributed by atoms with Gasteiger partial charge in [0.1, 0.15) is 11.6 Å². The predicted octanol–water partition coefficient (Wildman–Crippen LogP) is 2.55. The maximum atomic E-state index is 12.9. The molecule has 0 saturated carbocycles. The van der Waals surface area contributed by atoms with Gasteiger partial charge < -0.3 is 5.32 Å². The number of rotatable bonds is 4. The SMILES string of the molecule is CCc1nc2ccccc2c(=O)n1NC(=O)NCc1ccc(F)cc1. The fourth-order valence-corrected chi connectivity index (χ4v) is 2.46. The van der Waals surface area contributed by atoms with Gasteiger partial charge in [-0.15, -0.1) is 0 Å². The average Bonchev–Trinajstić information content (AvgIpc) is 2.63. The van der Waals surface area contributed by atoms with Crippen molar-refractivity contribution in [3.05, 3.63) is 76.1 Å². The van der Waals surface area contributed by atoms with Crippen LogP contribution in [0.5, 0.6) is 0 Å². The van der Waals surface area contributed by atoms with Gasteiger partial charge in [0, 0.05) is 13.0 Å². The molecule has 1 aromatic heterocycles. The van der Waals surface area contributed by atoms with E-state index >= 15 is 0 Å². The molecule has 0 fully saturated rings. The lowest BCUT2D eigenvalue weighted by atomic mass is 10.2. The lowest BCUT2D eigenvalue weighted by molar-refractivity contribution is 0.248. The standard InChI is InChI=1S/C18H17FN4O2/c1-2-16-21-15-6-4-3-5-14(15)17(24)23(16)22-18(25)20-11-12-7-9-13(19)10-8-12/h3-10H,2,11H2,1H3,(H2,20,22,25). The van der Waals surface area contributed by atoms with Gasteiger partial charge in [0.05, 0.1) is 10.9 Å². The van der Waals surface area contributed by atoms with Crippen LogP contribution >= 0.6 is 0 Å². The molecule has 25 heavy (non-hydrogen) atoms. The maximum absolute atomic E-state index is 12.9. The normalized spacial score (nSPS) is 10.6. The molecule has 0 radical (unpaired) electrons. The van der Waals surface area contributed by atoms with Gasteiger partial charge in [-0.05, 0) is 29.8 Å². The van der Waals surface area contributed by atoms with Crippen LogP contribution in [0.15, 0.2) is 53.3 Å². The molecule has 6 nitrogen and oxygen atoms in total. The van der Waals surface area contributed by atoms with E-state index in [-0.39, 0.29) is 17.9 Å². The summed E-state index contributed by atoms with van der Waals surface area (Å²) in [6.45, 7) is 2.06. The van der Waals surface area contributed by atoms with Crippen LogP contribution in [0.2, 0.25) is 0 Å². The Kier molecular flexibility index (Phi) is 4.74. The Morgan fingerprint density at radius 2 is 1.88 bits per heavy atom. The van der Waals surface area contributed by atoms with E-state index in [1.165, 1.54) is 12.1 Å². The van der Waals surface area contributed by atoms with Gasteiger partial charge >= 0.3 is 6.03 Å². The number of nitrogens with one attached hydrogen (secondary N) is 2. The smallest absolute Gasteiger partial charge is 0.333 e. The topological polar surface area (TPSA) is 76.0 Å². The summed E-state index contributed by atoms with van der Waals surface area (Å²) in [4.78, 5) is 29.1. The molecule has 0 aliphatic heterocycles. The van der Waals surface area contributed by atoms with E-state index in [9.17, 15) is 14.0 Å². The largest absolute Gasteiger partial charge is 0.334 e. The zero-order valence-electron chi connectivity index (χ0n) is 13.6. The molecule has 0 aliphatic carbocycles. The molecule has 2 aromatic carbocycles. The highest BCUT2D eigenvalue weighted by atomic mass is 19.1. The Labute approximate surface area is 143 Å². The number of aromatic nitrogens is 2. The van der Waals surface area contributed by atoms with E-state index < -0.39 is 6.03 Å². The second-order valence-corrected chi connectivity index (χ2v) is 5.46. The molecule has 0 atom stereocenters. The Morgan fingerprint density at radius 3 is 2.60 bits per heavy atom. The number of aryl methyl sites for hydroxylation is 1. The van der Waals surface area contributed by atoms with Crippen molar-refractivity contribution >= 4 is 16.9 Å². The van der Waals surface area contributed by atoms with Crippen LogP contribution in [-0.4, -0.2) is 15.7 Å². The molecule has 2 amide bonds. The van der Waals surface area contributed by atoms with Crippen molar-refractivity contribution in [3.8, 4) is 0 Å². The number of halogens is 1. The molecule has 2 N–H and O–H groups in total. The fraction of sp³-hybridized carbons (Fsp3) is 0.167. The first-order chi connectivity index (χ1) is 12.1. The van der Waals surface area contributed by atoms with E-state index in [1.54, 1.807) is 36.4 Å². The zero-order chi connectivity index (χ0) is 17.8. The quantitative estimate of drug-likeness (QED) is 0.766. The third kappa shape index (κ3) is 3.65. The van der Waals surface area contributed by atoms with E-state index in [2.05, 4.69) is 15.7 Å². The first-order valence-electron chi connectivity index (χ1n) is 7.88. The molecule has 0 spiro atoms. The van der Waals surface area contributed by atoms with Crippen molar-refractivity contribution in [3.63, 3.8) is 0 Å². The van der Waals surface area contributed by atoms with Crippen LogP contribution < -0.4 is 16.3 Å². The van der Waals surface area contributed by atoms with Gasteiger partial charge in [-0.3, -0.25) is 4.79 Å². The van der Waals surface area contributed by atoms with Crippen LogP contribution in [0.1, 0.15) is 18.3 Å². The van der Waals surface area contributed by atoms with Gasteiger partial charge in [-0.1, -0.05) is 31.2 Å². The Bertz CT molecular complexity index is 967. The van der Waals surface area contributed by atoms with Crippen LogP contribution in [0.3, 0.4) is 0 Å². The Hall–Kier alpha value is -3.22. The molecule has 128 valence electrons.